The number of thioether (sulfide) groups is 1. The highest BCUT2D eigenvalue weighted by molar-refractivity contribution is 7.99. The van der Waals surface area contributed by atoms with Crippen LogP contribution in [0.5, 0.6) is 5.75 Å². The van der Waals surface area contributed by atoms with Gasteiger partial charge in [-0.15, -0.1) is 11.8 Å². The van der Waals surface area contributed by atoms with Gasteiger partial charge in [-0.3, -0.25) is 14.3 Å². The lowest BCUT2D eigenvalue weighted by Gasteiger charge is -2.45. The molecule has 0 radical (unpaired) electrons. The first-order valence-electron chi connectivity index (χ1n) is 14.1. The summed E-state index contributed by atoms with van der Waals surface area (Å²) in [5.41, 5.74) is 1.23. The number of benzene rings is 2. The number of phenolic OH excluding ortho intramolecular Hbond substituents is 1. The monoisotopic (exact) mass is 603 g/mol. The molecule has 2 aromatic heterocycles. The van der Waals surface area contributed by atoms with E-state index in [4.69, 9.17) is 0 Å². The molecular formula is C32H31F2N5O3S. The van der Waals surface area contributed by atoms with Crippen molar-refractivity contribution in [3.63, 3.8) is 0 Å². The van der Waals surface area contributed by atoms with Crippen LogP contribution in [-0.4, -0.2) is 61.4 Å². The molecular weight excluding hydrogens is 572 g/mol. The zero-order chi connectivity index (χ0) is 30.7. The molecule has 0 saturated carbocycles. The topological polar surface area (TPSA) is 91.6 Å². The molecule has 2 aliphatic heterocycles. The van der Waals surface area contributed by atoms with Crippen LogP contribution in [0.1, 0.15) is 37.9 Å². The zero-order valence-corrected chi connectivity index (χ0v) is 25.1. The Morgan fingerprint density at radius 1 is 1.23 bits per heavy atom. The molecule has 2 aromatic carbocycles. The number of anilines is 1. The second-order valence-corrected chi connectivity index (χ2v) is 12.4. The quantitative estimate of drug-likeness (QED) is 0.306. The molecule has 8 nitrogen and oxygen atoms in total. The van der Waals surface area contributed by atoms with Crippen molar-refractivity contribution in [3.05, 3.63) is 82.6 Å². The molecule has 1 saturated heterocycles. The van der Waals surface area contributed by atoms with Gasteiger partial charge in [0.2, 0.25) is 5.91 Å². The van der Waals surface area contributed by atoms with Gasteiger partial charge in [0.25, 0.3) is 0 Å². The number of amides is 1. The summed E-state index contributed by atoms with van der Waals surface area (Å²) in [6.45, 7) is 12.0. The molecule has 43 heavy (non-hydrogen) atoms. The van der Waals surface area contributed by atoms with E-state index in [1.165, 1.54) is 40.6 Å². The number of aromatic nitrogens is 3. The third-order valence-corrected chi connectivity index (χ3v) is 9.46. The Balaban J connectivity index is 1.72. The minimum absolute atomic E-state index is 0.0581. The molecule has 4 heterocycles. The Labute approximate surface area is 251 Å². The molecule has 1 N–H and O–H groups in total. The van der Waals surface area contributed by atoms with E-state index in [9.17, 15) is 14.7 Å². The van der Waals surface area contributed by atoms with Gasteiger partial charge in [0.05, 0.1) is 38.8 Å². The summed E-state index contributed by atoms with van der Waals surface area (Å²) in [6, 6.07) is 6.52. The van der Waals surface area contributed by atoms with Crippen LogP contribution in [0.15, 0.2) is 58.9 Å². The van der Waals surface area contributed by atoms with Gasteiger partial charge in [-0.2, -0.15) is 4.98 Å². The molecule has 1 amide bonds. The van der Waals surface area contributed by atoms with E-state index in [1.807, 2.05) is 32.6 Å². The smallest absolute Gasteiger partial charge is 0.354 e. The number of rotatable bonds is 4. The maximum absolute atomic E-state index is 16.7. The molecule has 2 unspecified atom stereocenters. The first-order valence-corrected chi connectivity index (χ1v) is 15.1. The van der Waals surface area contributed by atoms with Crippen molar-refractivity contribution in [2.75, 3.05) is 23.7 Å². The van der Waals surface area contributed by atoms with Crippen molar-refractivity contribution in [2.45, 2.75) is 50.6 Å². The van der Waals surface area contributed by atoms with Gasteiger partial charge in [-0.25, -0.2) is 13.6 Å². The largest absolute Gasteiger partial charge is 0.507 e. The highest BCUT2D eigenvalue weighted by Gasteiger charge is 2.39. The molecule has 2 aliphatic rings. The number of pyridine rings is 1. The number of carbonyl (C=O) groups is 1. The lowest BCUT2D eigenvalue weighted by molar-refractivity contribution is -0.128. The molecule has 11 heteroatoms. The SMILES string of the molecule is C=CC(=O)N1CC2CSc3c(F)c(-c4c(O)cccc4F)cc4c3c(nc(=O)n4-c3c(C)ccnc3C(C)C)N2CC1C. The van der Waals surface area contributed by atoms with Crippen LogP contribution < -0.4 is 10.6 Å². The van der Waals surface area contributed by atoms with E-state index in [0.29, 0.717) is 46.9 Å². The van der Waals surface area contributed by atoms with E-state index in [2.05, 4.69) is 16.5 Å². The summed E-state index contributed by atoms with van der Waals surface area (Å²) < 4.78 is 33.3. The van der Waals surface area contributed by atoms with Gasteiger partial charge in [0, 0.05) is 36.6 Å². The lowest BCUT2D eigenvalue weighted by atomic mass is 9.99. The number of hydrogen-bond donors (Lipinski definition) is 1. The van der Waals surface area contributed by atoms with Crippen molar-refractivity contribution in [2.24, 2.45) is 0 Å². The van der Waals surface area contributed by atoms with E-state index in [1.54, 1.807) is 17.2 Å². The molecule has 1 fully saturated rings. The fourth-order valence-electron chi connectivity index (χ4n) is 6.16. The average Bonchev–Trinajstić information content (AvgIpc) is 3.12. The normalized spacial score (nSPS) is 18.1. The number of hydrogen-bond acceptors (Lipinski definition) is 7. The highest BCUT2D eigenvalue weighted by Crippen LogP contribution is 2.46. The number of phenols is 1. The molecule has 4 aromatic rings. The van der Waals surface area contributed by atoms with Crippen molar-refractivity contribution >= 4 is 34.4 Å². The summed E-state index contributed by atoms with van der Waals surface area (Å²) in [4.78, 5) is 39.8. The highest BCUT2D eigenvalue weighted by atomic mass is 32.2. The third kappa shape index (κ3) is 4.57. The maximum atomic E-state index is 16.7. The Bertz CT molecular complexity index is 1850. The first kappa shape index (κ1) is 28.9. The molecule has 0 spiro atoms. The number of carbonyl (C=O) groups excluding carboxylic acids is 1. The molecule has 222 valence electrons. The van der Waals surface area contributed by atoms with Crippen LogP contribution in [0.2, 0.25) is 0 Å². The van der Waals surface area contributed by atoms with Crippen LogP contribution in [-0.2, 0) is 4.79 Å². The van der Waals surface area contributed by atoms with Gasteiger partial charge in [-0.05, 0) is 55.7 Å². The van der Waals surface area contributed by atoms with Gasteiger partial charge >= 0.3 is 5.69 Å². The van der Waals surface area contributed by atoms with E-state index < -0.39 is 23.1 Å². The molecule has 2 atom stereocenters. The van der Waals surface area contributed by atoms with E-state index in [-0.39, 0.29) is 39.9 Å². The summed E-state index contributed by atoms with van der Waals surface area (Å²) in [5.74, 6) is -1.50. The van der Waals surface area contributed by atoms with Gasteiger partial charge in [0.15, 0.2) is 0 Å². The van der Waals surface area contributed by atoms with E-state index in [0.717, 1.165) is 11.6 Å². The maximum Gasteiger partial charge on any atom is 0.354 e. The second-order valence-electron chi connectivity index (χ2n) is 11.3. The number of piperazine rings is 1. The minimum atomic E-state index is -0.794. The summed E-state index contributed by atoms with van der Waals surface area (Å²) in [5, 5.41) is 11.1. The van der Waals surface area contributed by atoms with Crippen LogP contribution in [0.3, 0.4) is 0 Å². The van der Waals surface area contributed by atoms with Gasteiger partial charge < -0.3 is 14.9 Å². The Hall–Kier alpha value is -4.25. The predicted molar refractivity (Wildman–Crippen MR) is 164 cm³/mol. The number of fused-ring (bicyclic) bond motifs is 2. The number of halogens is 2. The van der Waals surface area contributed by atoms with Crippen molar-refractivity contribution < 1.29 is 18.7 Å². The van der Waals surface area contributed by atoms with Crippen molar-refractivity contribution in [1.29, 1.82) is 0 Å². The van der Waals surface area contributed by atoms with Crippen molar-refractivity contribution in [3.8, 4) is 22.6 Å². The van der Waals surface area contributed by atoms with Crippen LogP contribution in [0.25, 0.3) is 27.7 Å². The summed E-state index contributed by atoms with van der Waals surface area (Å²) in [7, 11) is 0. The standard InChI is InChI=1S/C32H31F2N5O3S/c1-6-24(41)37-14-19-15-43-30-26-22(12-20(27(30)34)25-21(33)8-7-9-23(25)40)39(29-17(4)10-11-35-28(29)16(2)3)32(42)36-31(26)38(19)13-18(37)5/h6-12,16,18-19,40H,1,13-15H2,2-5H3. The average molecular weight is 604 g/mol. The number of aromatic hydroxyl groups is 1. The Kier molecular flexibility index (Phi) is 7.24. The Morgan fingerprint density at radius 2 is 2.00 bits per heavy atom. The third-order valence-electron chi connectivity index (χ3n) is 8.23. The van der Waals surface area contributed by atoms with Crippen LogP contribution >= 0.6 is 11.8 Å². The summed E-state index contributed by atoms with van der Waals surface area (Å²) >= 11 is 1.23. The van der Waals surface area contributed by atoms with Crippen LogP contribution in [0.4, 0.5) is 14.6 Å². The van der Waals surface area contributed by atoms with Crippen LogP contribution in [0, 0.1) is 18.6 Å². The zero-order valence-electron chi connectivity index (χ0n) is 24.3. The van der Waals surface area contributed by atoms with E-state index >= 15 is 8.78 Å². The van der Waals surface area contributed by atoms with Gasteiger partial charge in [0.1, 0.15) is 23.2 Å². The lowest BCUT2D eigenvalue weighted by Crippen LogP contribution is -2.60. The minimum Gasteiger partial charge on any atom is -0.507 e. The fraction of sp³-hybridized carbons (Fsp3) is 0.312. The first-order chi connectivity index (χ1) is 20.5. The Morgan fingerprint density at radius 3 is 2.70 bits per heavy atom. The van der Waals surface area contributed by atoms with Crippen molar-refractivity contribution in [1.82, 2.24) is 19.4 Å². The second kappa shape index (κ2) is 10.8. The van der Waals surface area contributed by atoms with Gasteiger partial charge in [-0.1, -0.05) is 26.5 Å². The molecule has 0 aliphatic carbocycles. The molecule has 6 rings (SSSR count). The number of nitrogens with zero attached hydrogens (tertiary/aromatic N) is 5. The predicted octanol–water partition coefficient (Wildman–Crippen LogP) is 5.56. The number of aryl methyl sites for hydroxylation is 1. The summed E-state index contributed by atoms with van der Waals surface area (Å²) in [6.07, 6.45) is 2.95. The fourth-order valence-corrected chi connectivity index (χ4v) is 7.38. The molecule has 0 bridgehead atoms.